The average Bonchev–Trinajstić information content (AvgIpc) is 2.67. The predicted molar refractivity (Wildman–Crippen MR) is 87.4 cm³/mol. The van der Waals surface area contributed by atoms with Crippen molar-refractivity contribution in [2.24, 2.45) is 0 Å². The van der Waals surface area contributed by atoms with Crippen LogP contribution in [0.25, 0.3) is 0 Å². The van der Waals surface area contributed by atoms with Gasteiger partial charge in [0.25, 0.3) is 5.91 Å². The van der Waals surface area contributed by atoms with E-state index >= 15 is 0 Å². The SMILES string of the molecule is O=C(O[C@@H](C(=O)N1CCOCC1)c1ccccc1)c1cccc[n+]1[O-]. The Morgan fingerprint density at radius 3 is 2.44 bits per heavy atom. The summed E-state index contributed by atoms with van der Waals surface area (Å²) in [6, 6.07) is 13.2. The first-order valence-electron chi connectivity index (χ1n) is 7.97. The topological polar surface area (TPSA) is 82.8 Å². The molecule has 0 spiro atoms. The van der Waals surface area contributed by atoms with E-state index in [2.05, 4.69) is 0 Å². The van der Waals surface area contributed by atoms with Crippen molar-refractivity contribution in [3.05, 3.63) is 71.2 Å². The van der Waals surface area contributed by atoms with Gasteiger partial charge in [0.1, 0.15) is 0 Å². The van der Waals surface area contributed by atoms with Gasteiger partial charge in [0.2, 0.25) is 6.10 Å². The highest BCUT2D eigenvalue weighted by Gasteiger charge is 2.32. The van der Waals surface area contributed by atoms with Gasteiger partial charge in [-0.1, -0.05) is 30.3 Å². The van der Waals surface area contributed by atoms with E-state index in [-0.39, 0.29) is 11.6 Å². The van der Waals surface area contributed by atoms with E-state index in [1.807, 2.05) is 6.07 Å². The van der Waals surface area contributed by atoms with Gasteiger partial charge in [0.15, 0.2) is 6.20 Å². The highest BCUT2D eigenvalue weighted by molar-refractivity contribution is 5.90. The molecule has 2 aromatic rings. The largest absolute Gasteiger partial charge is 0.618 e. The lowest BCUT2D eigenvalue weighted by atomic mass is 10.1. The zero-order valence-corrected chi connectivity index (χ0v) is 13.5. The summed E-state index contributed by atoms with van der Waals surface area (Å²) in [5.41, 5.74) is 0.388. The Balaban J connectivity index is 1.85. The molecule has 0 bridgehead atoms. The summed E-state index contributed by atoms with van der Waals surface area (Å²) in [6.45, 7) is 1.76. The van der Waals surface area contributed by atoms with E-state index in [1.165, 1.54) is 18.3 Å². The van der Waals surface area contributed by atoms with Crippen molar-refractivity contribution in [1.82, 2.24) is 4.90 Å². The number of benzene rings is 1. The van der Waals surface area contributed by atoms with Crippen LogP contribution < -0.4 is 4.73 Å². The first-order chi connectivity index (χ1) is 12.2. The molecule has 1 atom stereocenters. The van der Waals surface area contributed by atoms with Crippen LogP contribution in [0.5, 0.6) is 0 Å². The van der Waals surface area contributed by atoms with Crippen molar-refractivity contribution in [3.63, 3.8) is 0 Å². The van der Waals surface area contributed by atoms with Gasteiger partial charge >= 0.3 is 11.7 Å². The third-order valence-electron chi connectivity index (χ3n) is 3.91. The molecule has 1 amide bonds. The molecule has 1 aliphatic heterocycles. The van der Waals surface area contributed by atoms with Crippen molar-refractivity contribution in [2.45, 2.75) is 6.10 Å². The van der Waals surface area contributed by atoms with E-state index in [0.29, 0.717) is 36.6 Å². The number of rotatable bonds is 4. The molecule has 0 unspecified atom stereocenters. The average molecular weight is 342 g/mol. The predicted octanol–water partition coefficient (Wildman–Crippen LogP) is 1.08. The highest BCUT2D eigenvalue weighted by Crippen LogP contribution is 2.22. The van der Waals surface area contributed by atoms with Crippen molar-refractivity contribution >= 4 is 11.9 Å². The van der Waals surface area contributed by atoms with Crippen molar-refractivity contribution in [2.75, 3.05) is 26.3 Å². The van der Waals surface area contributed by atoms with E-state index in [4.69, 9.17) is 9.47 Å². The minimum atomic E-state index is -1.10. The third-order valence-corrected chi connectivity index (χ3v) is 3.91. The van der Waals surface area contributed by atoms with Crippen LogP contribution in [0, 0.1) is 5.21 Å². The van der Waals surface area contributed by atoms with Crippen molar-refractivity contribution in [3.8, 4) is 0 Å². The summed E-state index contributed by atoms with van der Waals surface area (Å²) in [4.78, 5) is 26.9. The molecule has 1 aliphatic rings. The molecule has 3 rings (SSSR count). The van der Waals surface area contributed by atoms with E-state index in [9.17, 15) is 14.8 Å². The first-order valence-corrected chi connectivity index (χ1v) is 7.97. The lowest BCUT2D eigenvalue weighted by Crippen LogP contribution is -2.44. The number of nitrogens with zero attached hydrogens (tertiary/aromatic N) is 2. The quantitative estimate of drug-likeness (QED) is 0.472. The number of morpholine rings is 1. The van der Waals surface area contributed by atoms with Crippen LogP contribution in [0.4, 0.5) is 0 Å². The fourth-order valence-electron chi connectivity index (χ4n) is 2.59. The zero-order chi connectivity index (χ0) is 17.6. The Morgan fingerprint density at radius 1 is 1.08 bits per heavy atom. The minimum absolute atomic E-state index is 0.168. The van der Waals surface area contributed by atoms with E-state index < -0.39 is 12.1 Å². The normalized spacial score (nSPS) is 15.4. The molecular formula is C18H18N2O5. The van der Waals surface area contributed by atoms with Crippen LogP contribution in [-0.2, 0) is 14.3 Å². The summed E-state index contributed by atoms with van der Waals surface area (Å²) < 4.78 is 11.1. The van der Waals surface area contributed by atoms with Crippen LogP contribution in [0.1, 0.15) is 22.2 Å². The fourth-order valence-corrected chi connectivity index (χ4v) is 2.59. The molecular weight excluding hydrogens is 324 g/mol. The van der Waals surface area contributed by atoms with Gasteiger partial charge in [-0.15, -0.1) is 0 Å². The van der Waals surface area contributed by atoms with E-state index in [0.717, 1.165) is 0 Å². The molecule has 0 aliphatic carbocycles. The molecule has 25 heavy (non-hydrogen) atoms. The highest BCUT2D eigenvalue weighted by atomic mass is 16.6. The number of esters is 1. The molecule has 0 saturated carbocycles. The van der Waals surface area contributed by atoms with Gasteiger partial charge in [0, 0.05) is 30.8 Å². The molecule has 1 saturated heterocycles. The second kappa shape index (κ2) is 7.76. The van der Waals surface area contributed by atoms with Gasteiger partial charge in [-0.25, -0.2) is 4.79 Å². The van der Waals surface area contributed by atoms with Crippen molar-refractivity contribution in [1.29, 1.82) is 0 Å². The summed E-state index contributed by atoms with van der Waals surface area (Å²) in [6.07, 6.45) is 0.102. The number of carbonyl (C=O) groups is 2. The van der Waals surface area contributed by atoms with Crippen LogP contribution in [0.3, 0.4) is 0 Å². The number of hydrogen-bond acceptors (Lipinski definition) is 5. The van der Waals surface area contributed by atoms with Crippen LogP contribution in [0.2, 0.25) is 0 Å². The summed E-state index contributed by atoms with van der Waals surface area (Å²) in [5.74, 6) is -1.16. The van der Waals surface area contributed by atoms with Gasteiger partial charge in [-0.05, 0) is 6.07 Å². The second-order valence-electron chi connectivity index (χ2n) is 5.55. The molecule has 2 heterocycles. The molecule has 0 radical (unpaired) electrons. The zero-order valence-electron chi connectivity index (χ0n) is 13.5. The smallest absolute Gasteiger partial charge is 0.406 e. The lowest BCUT2D eigenvalue weighted by Gasteiger charge is -2.30. The number of pyridine rings is 1. The van der Waals surface area contributed by atoms with Gasteiger partial charge in [0.05, 0.1) is 13.2 Å². The Labute approximate surface area is 145 Å². The molecule has 1 fully saturated rings. The molecule has 0 N–H and O–H groups in total. The maximum atomic E-state index is 12.9. The monoisotopic (exact) mass is 342 g/mol. The Hall–Kier alpha value is -2.93. The first kappa shape index (κ1) is 16.9. The lowest BCUT2D eigenvalue weighted by molar-refractivity contribution is -0.608. The Bertz CT molecular complexity index is 744. The fraction of sp³-hybridized carbons (Fsp3) is 0.278. The summed E-state index contributed by atoms with van der Waals surface area (Å²) in [5, 5.41) is 11.8. The molecule has 130 valence electrons. The van der Waals surface area contributed by atoms with Gasteiger partial charge in [-0.2, -0.15) is 4.73 Å². The van der Waals surface area contributed by atoms with Crippen molar-refractivity contribution < 1.29 is 23.8 Å². The Kier molecular flexibility index (Phi) is 5.25. The minimum Gasteiger partial charge on any atom is -0.618 e. The molecule has 1 aromatic carbocycles. The number of aromatic nitrogens is 1. The molecule has 7 nitrogen and oxygen atoms in total. The standard InChI is InChI=1S/C18H18N2O5/c21-17(19-10-12-24-13-11-19)16(14-6-2-1-3-7-14)25-18(22)15-8-4-5-9-20(15)23/h1-9,16H,10-13H2/t16-/m1/s1. The Morgan fingerprint density at radius 2 is 1.76 bits per heavy atom. The summed E-state index contributed by atoms with van der Waals surface area (Å²) in [7, 11) is 0. The number of amides is 1. The van der Waals surface area contributed by atoms with Crippen LogP contribution in [-0.4, -0.2) is 43.1 Å². The third kappa shape index (κ3) is 3.95. The molecule has 7 heteroatoms. The van der Waals surface area contributed by atoms with Gasteiger partial charge in [-0.3, -0.25) is 4.79 Å². The van der Waals surface area contributed by atoms with Crippen LogP contribution in [0.15, 0.2) is 54.7 Å². The van der Waals surface area contributed by atoms with Gasteiger partial charge < -0.3 is 19.6 Å². The van der Waals surface area contributed by atoms with Crippen LogP contribution >= 0.6 is 0 Å². The maximum absolute atomic E-state index is 12.9. The molecule has 1 aromatic heterocycles. The summed E-state index contributed by atoms with van der Waals surface area (Å²) >= 11 is 0. The second-order valence-corrected chi connectivity index (χ2v) is 5.55. The maximum Gasteiger partial charge on any atom is 0.406 e. The number of ether oxygens (including phenoxy) is 2. The number of carbonyl (C=O) groups excluding carboxylic acids is 2. The number of hydrogen-bond donors (Lipinski definition) is 0. The van der Waals surface area contributed by atoms with E-state index in [1.54, 1.807) is 35.2 Å².